The number of nitrogens with one attached hydrogen (secondary N) is 1. The van der Waals surface area contributed by atoms with Gasteiger partial charge in [-0.3, -0.25) is 9.59 Å². The van der Waals surface area contributed by atoms with Crippen molar-refractivity contribution in [3.63, 3.8) is 0 Å². The van der Waals surface area contributed by atoms with Gasteiger partial charge in [-0.1, -0.05) is 19.1 Å². The highest BCUT2D eigenvalue weighted by Gasteiger charge is 2.33. The lowest BCUT2D eigenvalue weighted by atomic mass is 9.82. The predicted molar refractivity (Wildman–Crippen MR) is 146 cm³/mol. The van der Waals surface area contributed by atoms with Gasteiger partial charge in [0.05, 0.1) is 11.2 Å². The first kappa shape index (κ1) is 27.5. The minimum Gasteiger partial charge on any atom is -0.477 e. The van der Waals surface area contributed by atoms with Crippen molar-refractivity contribution in [3.8, 4) is 10.4 Å². The maximum Gasteiger partial charge on any atom is 0.348 e. The summed E-state index contributed by atoms with van der Waals surface area (Å²) in [6.07, 6.45) is 3.73. The van der Waals surface area contributed by atoms with Crippen molar-refractivity contribution in [1.82, 2.24) is 11.1 Å². The molecule has 8 nitrogen and oxygen atoms in total. The number of aromatic carboxylic acids is 1. The smallest absolute Gasteiger partial charge is 0.348 e. The number of rotatable bonds is 7. The van der Waals surface area contributed by atoms with Crippen molar-refractivity contribution >= 4 is 51.8 Å². The number of thiophene rings is 1. The van der Waals surface area contributed by atoms with Crippen LogP contribution < -0.4 is 16.4 Å². The number of carbonyl (C=O) groups is 3. The number of anilines is 2. The number of carboxylic acids is 1. The Kier molecular flexibility index (Phi) is 8.99. The largest absolute Gasteiger partial charge is 0.477 e. The molecular formula is C26H32N4O4S2. The number of amides is 2. The third kappa shape index (κ3) is 6.00. The van der Waals surface area contributed by atoms with E-state index in [0.29, 0.717) is 23.0 Å². The van der Waals surface area contributed by atoms with Gasteiger partial charge in [-0.15, -0.1) is 22.7 Å². The quantitative estimate of drug-likeness (QED) is 0.318. The van der Waals surface area contributed by atoms with E-state index in [2.05, 4.69) is 17.2 Å². The fraction of sp³-hybridized carbons (Fsp3) is 0.385. The lowest BCUT2D eigenvalue weighted by molar-refractivity contribution is -0.123. The molecular weight excluding hydrogens is 496 g/mol. The zero-order valence-corrected chi connectivity index (χ0v) is 22.3. The highest BCUT2D eigenvalue weighted by atomic mass is 32.1. The SMILES string of the molecule is CC1CCC(C(=O)N(c2cc(-c3ccc(NC(=O)c4cscn4)cc3)sc2C(=O)O)C(C)C)CC1.N. The maximum absolute atomic E-state index is 13.5. The van der Waals surface area contributed by atoms with Crippen LogP contribution in [0.4, 0.5) is 11.4 Å². The van der Waals surface area contributed by atoms with Crippen LogP contribution in [0.1, 0.15) is 66.6 Å². The third-order valence-corrected chi connectivity index (χ3v) is 8.13. The Labute approximate surface area is 219 Å². The Morgan fingerprint density at radius 3 is 2.33 bits per heavy atom. The van der Waals surface area contributed by atoms with Crippen molar-refractivity contribution in [2.24, 2.45) is 11.8 Å². The summed E-state index contributed by atoms with van der Waals surface area (Å²) in [6.45, 7) is 6.06. The Hall–Kier alpha value is -3.08. The second-order valence-corrected chi connectivity index (χ2v) is 11.1. The van der Waals surface area contributed by atoms with E-state index >= 15 is 0 Å². The number of hydrogen-bond acceptors (Lipinski definition) is 7. The van der Waals surface area contributed by atoms with Crippen molar-refractivity contribution in [1.29, 1.82) is 0 Å². The summed E-state index contributed by atoms with van der Waals surface area (Å²) in [4.78, 5) is 44.5. The van der Waals surface area contributed by atoms with Crippen LogP contribution >= 0.6 is 22.7 Å². The van der Waals surface area contributed by atoms with Gasteiger partial charge in [0, 0.05) is 27.9 Å². The lowest BCUT2D eigenvalue weighted by Crippen LogP contribution is -2.42. The summed E-state index contributed by atoms with van der Waals surface area (Å²) in [6, 6.07) is 8.86. The molecule has 0 spiro atoms. The molecule has 0 atom stereocenters. The van der Waals surface area contributed by atoms with Gasteiger partial charge in [-0.25, -0.2) is 9.78 Å². The van der Waals surface area contributed by atoms with Crippen LogP contribution in [0.15, 0.2) is 41.2 Å². The van der Waals surface area contributed by atoms with E-state index in [1.165, 1.54) is 11.3 Å². The average Bonchev–Trinajstić information content (AvgIpc) is 3.51. The topological polar surface area (TPSA) is 135 Å². The number of carbonyl (C=O) groups excluding carboxylic acids is 2. The molecule has 0 unspecified atom stereocenters. The normalized spacial score (nSPS) is 17.3. The van der Waals surface area contributed by atoms with E-state index in [-0.39, 0.29) is 34.8 Å². The van der Waals surface area contributed by atoms with Crippen LogP contribution in [0.25, 0.3) is 10.4 Å². The maximum atomic E-state index is 13.5. The molecule has 4 rings (SSSR count). The molecule has 10 heteroatoms. The molecule has 0 saturated heterocycles. The first-order valence-corrected chi connectivity index (χ1v) is 13.5. The van der Waals surface area contributed by atoms with Crippen molar-refractivity contribution in [2.75, 3.05) is 10.2 Å². The molecule has 36 heavy (non-hydrogen) atoms. The van der Waals surface area contributed by atoms with Gasteiger partial charge < -0.3 is 21.5 Å². The Bertz CT molecular complexity index is 1200. The van der Waals surface area contributed by atoms with Crippen LogP contribution in [0, 0.1) is 11.8 Å². The molecule has 1 fully saturated rings. The second-order valence-electron chi connectivity index (χ2n) is 9.29. The first-order valence-electron chi connectivity index (χ1n) is 11.7. The van der Waals surface area contributed by atoms with Crippen molar-refractivity contribution in [3.05, 3.63) is 51.8 Å². The van der Waals surface area contributed by atoms with E-state index in [9.17, 15) is 19.5 Å². The van der Waals surface area contributed by atoms with E-state index in [1.54, 1.807) is 34.0 Å². The number of aromatic nitrogens is 1. The monoisotopic (exact) mass is 528 g/mol. The molecule has 0 aliphatic heterocycles. The molecule has 1 aliphatic carbocycles. The van der Waals surface area contributed by atoms with Gasteiger partial charge in [0.25, 0.3) is 5.91 Å². The molecule has 192 valence electrons. The van der Waals surface area contributed by atoms with Crippen LogP contribution in [0.3, 0.4) is 0 Å². The van der Waals surface area contributed by atoms with Crippen LogP contribution in [-0.2, 0) is 4.79 Å². The molecule has 0 bridgehead atoms. The summed E-state index contributed by atoms with van der Waals surface area (Å²) in [5, 5.41) is 14.4. The summed E-state index contributed by atoms with van der Waals surface area (Å²) >= 11 is 2.51. The van der Waals surface area contributed by atoms with Crippen molar-refractivity contribution in [2.45, 2.75) is 52.5 Å². The Morgan fingerprint density at radius 1 is 1.11 bits per heavy atom. The molecule has 5 N–H and O–H groups in total. The number of thiazole rings is 1. The average molecular weight is 529 g/mol. The van der Waals surface area contributed by atoms with E-state index in [4.69, 9.17) is 0 Å². The Balaban J connectivity index is 0.00000361. The van der Waals surface area contributed by atoms with Gasteiger partial charge in [-0.05, 0) is 69.2 Å². The van der Waals surface area contributed by atoms with E-state index < -0.39 is 5.97 Å². The highest BCUT2D eigenvalue weighted by Crippen LogP contribution is 2.40. The summed E-state index contributed by atoms with van der Waals surface area (Å²) < 4.78 is 0. The summed E-state index contributed by atoms with van der Waals surface area (Å²) in [5.41, 5.74) is 3.85. The van der Waals surface area contributed by atoms with Crippen LogP contribution in [0.2, 0.25) is 0 Å². The fourth-order valence-electron chi connectivity index (χ4n) is 4.45. The number of hydrogen-bond donors (Lipinski definition) is 3. The van der Waals surface area contributed by atoms with Gasteiger partial charge >= 0.3 is 5.97 Å². The number of benzene rings is 1. The lowest BCUT2D eigenvalue weighted by Gasteiger charge is -2.33. The fourth-order valence-corrected chi connectivity index (χ4v) is 5.97. The molecule has 2 heterocycles. The first-order chi connectivity index (χ1) is 16.7. The van der Waals surface area contributed by atoms with Gasteiger partial charge in [0.1, 0.15) is 10.6 Å². The van der Waals surface area contributed by atoms with E-state index in [0.717, 1.165) is 47.5 Å². The molecule has 1 saturated carbocycles. The van der Waals surface area contributed by atoms with Crippen molar-refractivity contribution < 1.29 is 19.5 Å². The summed E-state index contributed by atoms with van der Waals surface area (Å²) in [7, 11) is 0. The summed E-state index contributed by atoms with van der Waals surface area (Å²) in [5.74, 6) is -0.755. The van der Waals surface area contributed by atoms with Crippen LogP contribution in [0.5, 0.6) is 0 Å². The highest BCUT2D eigenvalue weighted by molar-refractivity contribution is 7.18. The molecule has 2 amide bonds. The Morgan fingerprint density at radius 2 is 1.78 bits per heavy atom. The minimum atomic E-state index is -1.04. The molecule has 1 aromatic carbocycles. The van der Waals surface area contributed by atoms with Gasteiger partial charge in [0.15, 0.2) is 0 Å². The van der Waals surface area contributed by atoms with Gasteiger partial charge in [-0.2, -0.15) is 0 Å². The van der Waals surface area contributed by atoms with E-state index in [1.807, 2.05) is 26.0 Å². The standard InChI is InChI=1S/C26H29N3O4S2.H3N/c1-15(2)29(25(31)18-6-4-16(3)5-7-18)21-12-22(35-23(21)26(32)33)17-8-10-19(11-9-17)28-24(30)20-13-34-14-27-20;/h8-16,18H,4-7H2,1-3H3,(H,28,30)(H,32,33);1H3. The number of nitrogens with zero attached hydrogens (tertiary/aromatic N) is 2. The van der Waals surface area contributed by atoms with Crippen LogP contribution in [-0.4, -0.2) is 33.9 Å². The molecule has 3 aromatic rings. The zero-order valence-electron chi connectivity index (χ0n) is 20.7. The molecule has 2 aromatic heterocycles. The van der Waals surface area contributed by atoms with Gasteiger partial charge in [0.2, 0.25) is 5.91 Å². The molecule has 1 aliphatic rings. The minimum absolute atomic E-state index is 0. The second kappa shape index (κ2) is 11.8. The third-order valence-electron chi connectivity index (χ3n) is 6.38. The zero-order chi connectivity index (χ0) is 25.1. The number of carboxylic acid groups (broad SMARTS) is 1. The predicted octanol–water partition coefficient (Wildman–Crippen LogP) is 6.55. The molecule has 0 radical (unpaired) electrons.